The molecule has 0 aromatic heterocycles. The fraction of sp³-hybridized carbons (Fsp3) is 0.480. The van der Waals surface area contributed by atoms with E-state index >= 15 is 0 Å². The molecule has 1 saturated heterocycles. The largest absolute Gasteiger partial charge is 0.478 e. The van der Waals surface area contributed by atoms with Gasteiger partial charge in [0.2, 0.25) is 0 Å². The van der Waals surface area contributed by atoms with Crippen molar-refractivity contribution >= 4 is 17.3 Å². The van der Waals surface area contributed by atoms with E-state index in [9.17, 15) is 4.79 Å². The van der Waals surface area contributed by atoms with Crippen LogP contribution in [-0.4, -0.2) is 60.1 Å². The van der Waals surface area contributed by atoms with Crippen molar-refractivity contribution < 1.29 is 9.90 Å². The molecule has 0 atom stereocenters. The summed E-state index contributed by atoms with van der Waals surface area (Å²) in [5, 5.41) is 12.2. The molecule has 2 fully saturated rings. The summed E-state index contributed by atoms with van der Waals surface area (Å²) in [5.74, 6) is -0.944. The third-order valence-electron chi connectivity index (χ3n) is 6.11. The highest BCUT2D eigenvalue weighted by molar-refractivity contribution is 5.90. The molecule has 4 rings (SSSR count). The Morgan fingerprint density at radius 3 is 2.32 bits per heavy atom. The first kappa shape index (κ1) is 23.1. The molecule has 0 unspecified atom stereocenters. The number of rotatable bonds is 5. The Hall–Kier alpha value is -2.57. The molecule has 0 spiro atoms. The van der Waals surface area contributed by atoms with E-state index in [1.807, 2.05) is 0 Å². The summed E-state index contributed by atoms with van der Waals surface area (Å²) in [6, 6.07) is 16.0. The van der Waals surface area contributed by atoms with Crippen molar-refractivity contribution in [1.82, 2.24) is 9.80 Å². The first-order chi connectivity index (χ1) is 15.0. The van der Waals surface area contributed by atoms with Crippen LogP contribution in [0.25, 0.3) is 0 Å². The van der Waals surface area contributed by atoms with Gasteiger partial charge in [-0.3, -0.25) is 4.90 Å². The third kappa shape index (κ3) is 7.56. The number of hydrogen-bond donors (Lipinski definition) is 3. The van der Waals surface area contributed by atoms with Crippen molar-refractivity contribution in [1.29, 1.82) is 0 Å². The molecular formula is C25H36N4O2. The third-order valence-corrected chi connectivity index (χ3v) is 6.11. The van der Waals surface area contributed by atoms with E-state index < -0.39 is 5.97 Å². The minimum absolute atomic E-state index is 0.233. The number of piperazine rings is 1. The van der Waals surface area contributed by atoms with Gasteiger partial charge in [0.1, 0.15) is 0 Å². The van der Waals surface area contributed by atoms with Crippen LogP contribution in [0.4, 0.5) is 11.4 Å². The molecule has 1 heterocycles. The van der Waals surface area contributed by atoms with Gasteiger partial charge in [0.05, 0.1) is 16.9 Å². The Kier molecular flexibility index (Phi) is 8.74. The number of carboxylic acid groups (broad SMARTS) is 1. The van der Waals surface area contributed by atoms with Gasteiger partial charge >= 0.3 is 5.97 Å². The van der Waals surface area contributed by atoms with Crippen molar-refractivity contribution in [3.8, 4) is 0 Å². The molecule has 2 aliphatic rings. The summed E-state index contributed by atoms with van der Waals surface area (Å²) in [7, 11) is 2.19. The molecular weight excluding hydrogens is 388 g/mol. The molecule has 0 radical (unpaired) electrons. The average molecular weight is 425 g/mol. The lowest BCUT2D eigenvalue weighted by molar-refractivity contribution is 0.0697. The van der Waals surface area contributed by atoms with E-state index in [0.717, 1.165) is 12.2 Å². The number of benzene rings is 2. The van der Waals surface area contributed by atoms with Crippen molar-refractivity contribution in [2.24, 2.45) is 0 Å². The van der Waals surface area contributed by atoms with Crippen LogP contribution in [-0.2, 0) is 6.54 Å². The number of aromatic carboxylic acids is 1. The number of likely N-dealkylation sites (N-methyl/N-ethyl adjacent to an activating group) is 1. The van der Waals surface area contributed by atoms with Gasteiger partial charge in [-0.15, -0.1) is 0 Å². The average Bonchev–Trinajstić information content (AvgIpc) is 2.78. The maximum absolute atomic E-state index is 10.8. The molecule has 0 amide bonds. The van der Waals surface area contributed by atoms with Gasteiger partial charge in [-0.05, 0) is 43.7 Å². The monoisotopic (exact) mass is 424 g/mol. The molecule has 1 saturated carbocycles. The summed E-state index contributed by atoms with van der Waals surface area (Å²) < 4.78 is 0. The van der Waals surface area contributed by atoms with Crippen molar-refractivity contribution in [3.63, 3.8) is 0 Å². The Labute approximate surface area is 186 Å². The van der Waals surface area contributed by atoms with Gasteiger partial charge < -0.3 is 21.1 Å². The topological polar surface area (TPSA) is 81.8 Å². The lowest BCUT2D eigenvalue weighted by Gasteiger charge is -2.32. The zero-order valence-corrected chi connectivity index (χ0v) is 18.6. The van der Waals surface area contributed by atoms with Gasteiger partial charge in [-0.1, -0.05) is 49.6 Å². The van der Waals surface area contributed by atoms with Crippen LogP contribution in [0, 0.1) is 0 Å². The Morgan fingerprint density at radius 2 is 1.71 bits per heavy atom. The molecule has 2 aromatic rings. The molecule has 2 aromatic carbocycles. The second-order valence-electron chi connectivity index (χ2n) is 8.65. The predicted octanol–water partition coefficient (Wildman–Crippen LogP) is 4.15. The van der Waals surface area contributed by atoms with E-state index in [0.29, 0.717) is 11.7 Å². The number of nitrogens with two attached hydrogens (primary N) is 1. The Bertz CT molecular complexity index is 814. The Morgan fingerprint density at radius 1 is 1.03 bits per heavy atom. The molecule has 1 aliphatic heterocycles. The van der Waals surface area contributed by atoms with Crippen LogP contribution >= 0.6 is 0 Å². The fourth-order valence-electron chi connectivity index (χ4n) is 4.14. The standard InChI is InChI=1S/C13H18N2O2.C12H18N2/c14-11-8-9(13(16)17)6-7-12(11)15-10-4-2-1-3-5-10;1-13-7-9-14(10-8-13)11-12-5-3-2-4-6-12/h6-8,10,15H,1-5,14H2,(H,16,17);2-6H,7-11H2,1H3. The maximum atomic E-state index is 10.8. The first-order valence-electron chi connectivity index (χ1n) is 11.4. The minimum Gasteiger partial charge on any atom is -0.478 e. The minimum atomic E-state index is -0.944. The highest BCUT2D eigenvalue weighted by Crippen LogP contribution is 2.25. The predicted molar refractivity (Wildman–Crippen MR) is 128 cm³/mol. The molecule has 4 N–H and O–H groups in total. The molecule has 6 nitrogen and oxygen atoms in total. The number of carboxylic acids is 1. The maximum Gasteiger partial charge on any atom is 0.335 e. The molecule has 168 valence electrons. The van der Waals surface area contributed by atoms with Crippen molar-refractivity contribution in [2.45, 2.75) is 44.7 Å². The van der Waals surface area contributed by atoms with E-state index in [1.165, 1.54) is 69.9 Å². The highest BCUT2D eigenvalue weighted by atomic mass is 16.4. The zero-order chi connectivity index (χ0) is 22.1. The summed E-state index contributed by atoms with van der Waals surface area (Å²) >= 11 is 0. The van der Waals surface area contributed by atoms with Crippen molar-refractivity contribution in [2.75, 3.05) is 44.3 Å². The highest BCUT2D eigenvalue weighted by Gasteiger charge is 2.15. The van der Waals surface area contributed by atoms with Gasteiger partial charge in [0.15, 0.2) is 0 Å². The normalized spacial score (nSPS) is 18.1. The van der Waals surface area contributed by atoms with E-state index in [4.69, 9.17) is 10.8 Å². The lowest BCUT2D eigenvalue weighted by atomic mass is 9.95. The summed E-state index contributed by atoms with van der Waals surface area (Å²) in [5.41, 5.74) is 8.87. The second-order valence-corrected chi connectivity index (χ2v) is 8.65. The van der Waals surface area contributed by atoms with Crippen LogP contribution in [0.1, 0.15) is 48.0 Å². The van der Waals surface area contributed by atoms with E-state index in [2.05, 4.69) is 52.5 Å². The van der Waals surface area contributed by atoms with Crippen molar-refractivity contribution in [3.05, 3.63) is 59.7 Å². The number of anilines is 2. The Balaban J connectivity index is 0.000000179. The molecule has 6 heteroatoms. The van der Waals surface area contributed by atoms with Crippen LogP contribution in [0.15, 0.2) is 48.5 Å². The number of hydrogen-bond acceptors (Lipinski definition) is 5. The summed E-state index contributed by atoms with van der Waals surface area (Å²) in [4.78, 5) is 15.7. The first-order valence-corrected chi connectivity index (χ1v) is 11.4. The van der Waals surface area contributed by atoms with Gasteiger partial charge in [0.25, 0.3) is 0 Å². The van der Waals surface area contributed by atoms with E-state index in [-0.39, 0.29) is 5.56 Å². The van der Waals surface area contributed by atoms with Crippen LogP contribution in [0.2, 0.25) is 0 Å². The van der Waals surface area contributed by atoms with Gasteiger partial charge in [-0.25, -0.2) is 4.79 Å². The van der Waals surface area contributed by atoms with Crippen LogP contribution in [0.3, 0.4) is 0 Å². The second kappa shape index (κ2) is 11.7. The number of carbonyl (C=O) groups is 1. The summed E-state index contributed by atoms with van der Waals surface area (Å²) in [6.45, 7) is 5.91. The van der Waals surface area contributed by atoms with Crippen LogP contribution < -0.4 is 11.1 Å². The van der Waals surface area contributed by atoms with Gasteiger partial charge in [0, 0.05) is 38.8 Å². The fourth-order valence-corrected chi connectivity index (χ4v) is 4.14. The zero-order valence-electron chi connectivity index (χ0n) is 18.6. The number of nitrogen functional groups attached to an aromatic ring is 1. The molecule has 1 aliphatic carbocycles. The quantitative estimate of drug-likeness (QED) is 0.626. The molecule has 0 bridgehead atoms. The summed E-state index contributed by atoms with van der Waals surface area (Å²) in [6.07, 6.45) is 6.15. The van der Waals surface area contributed by atoms with Crippen LogP contribution in [0.5, 0.6) is 0 Å². The number of nitrogens with zero attached hydrogens (tertiary/aromatic N) is 2. The molecule has 31 heavy (non-hydrogen) atoms. The number of nitrogens with one attached hydrogen (secondary N) is 1. The smallest absolute Gasteiger partial charge is 0.335 e. The SMILES string of the molecule is CN1CCN(Cc2ccccc2)CC1.Nc1cc(C(=O)O)ccc1NC1CCCCC1. The van der Waals surface area contributed by atoms with Gasteiger partial charge in [-0.2, -0.15) is 0 Å². The van der Waals surface area contributed by atoms with E-state index in [1.54, 1.807) is 12.1 Å². The lowest BCUT2D eigenvalue weighted by Crippen LogP contribution is -2.43.